The summed E-state index contributed by atoms with van der Waals surface area (Å²) in [5, 5.41) is 6.88. The summed E-state index contributed by atoms with van der Waals surface area (Å²) < 4.78 is 10.1. The first-order chi connectivity index (χ1) is 9.31. The minimum absolute atomic E-state index is 0.470. The van der Waals surface area contributed by atoms with Crippen molar-refractivity contribution in [1.29, 1.82) is 0 Å². The van der Waals surface area contributed by atoms with E-state index in [4.69, 9.17) is 15.7 Å². The minimum Gasteiger partial charge on any atom is -0.481 e. The summed E-state index contributed by atoms with van der Waals surface area (Å²) in [5.41, 5.74) is 0.990. The molecule has 0 bridgehead atoms. The molecule has 0 fully saturated rings. The lowest BCUT2D eigenvalue weighted by molar-refractivity contribution is 0.366. The Morgan fingerprint density at radius 1 is 1.47 bits per heavy atom. The third kappa shape index (κ3) is 3.79. The van der Waals surface area contributed by atoms with Crippen LogP contribution in [0.25, 0.3) is 0 Å². The number of ether oxygens (including phenoxy) is 1. The van der Waals surface area contributed by atoms with Crippen LogP contribution < -0.4 is 10.1 Å². The van der Waals surface area contributed by atoms with Gasteiger partial charge in [0.05, 0.1) is 20.2 Å². The fourth-order valence-electron chi connectivity index (χ4n) is 1.49. The standard InChI is InChI=1S/C13H14N4O2/c1-3-6-14-9-13-16-11(17-19-13)7-10-4-5-12(18-2)15-8-10/h1,4-5,8,14H,6-7,9H2,2H3. The largest absolute Gasteiger partial charge is 0.481 e. The van der Waals surface area contributed by atoms with Crippen LogP contribution in [-0.2, 0) is 13.0 Å². The van der Waals surface area contributed by atoms with E-state index < -0.39 is 0 Å². The molecule has 98 valence electrons. The van der Waals surface area contributed by atoms with E-state index in [9.17, 15) is 0 Å². The summed E-state index contributed by atoms with van der Waals surface area (Å²) in [7, 11) is 1.58. The summed E-state index contributed by atoms with van der Waals surface area (Å²) in [6, 6.07) is 3.71. The highest BCUT2D eigenvalue weighted by molar-refractivity contribution is 5.20. The van der Waals surface area contributed by atoms with Crippen molar-refractivity contribution in [3.8, 4) is 18.2 Å². The second-order valence-electron chi connectivity index (χ2n) is 3.80. The summed E-state index contributed by atoms with van der Waals surface area (Å²) in [5.74, 6) is 4.19. The molecule has 0 aliphatic heterocycles. The van der Waals surface area contributed by atoms with Gasteiger partial charge < -0.3 is 9.26 Å². The lowest BCUT2D eigenvalue weighted by Gasteiger charge is -1.99. The van der Waals surface area contributed by atoms with Crippen LogP contribution in [-0.4, -0.2) is 28.8 Å². The van der Waals surface area contributed by atoms with E-state index in [0.29, 0.717) is 37.1 Å². The number of aromatic nitrogens is 3. The zero-order valence-electron chi connectivity index (χ0n) is 10.6. The van der Waals surface area contributed by atoms with Gasteiger partial charge in [-0.2, -0.15) is 4.98 Å². The smallest absolute Gasteiger partial charge is 0.240 e. The molecule has 2 aromatic rings. The van der Waals surface area contributed by atoms with E-state index in [0.717, 1.165) is 5.56 Å². The number of nitrogens with zero attached hydrogens (tertiary/aromatic N) is 3. The average molecular weight is 258 g/mol. The SMILES string of the molecule is C#CCNCc1nc(Cc2ccc(OC)nc2)no1. The summed E-state index contributed by atoms with van der Waals surface area (Å²) in [6.07, 6.45) is 7.42. The van der Waals surface area contributed by atoms with Gasteiger partial charge in [0, 0.05) is 18.7 Å². The molecule has 0 saturated carbocycles. The first-order valence-electron chi connectivity index (χ1n) is 5.76. The molecule has 0 saturated heterocycles. The monoisotopic (exact) mass is 258 g/mol. The Hall–Kier alpha value is -2.39. The van der Waals surface area contributed by atoms with Crippen LogP contribution in [0.4, 0.5) is 0 Å². The Morgan fingerprint density at radius 2 is 2.37 bits per heavy atom. The van der Waals surface area contributed by atoms with E-state index in [1.807, 2.05) is 6.07 Å². The molecule has 0 amide bonds. The van der Waals surface area contributed by atoms with Crippen LogP contribution in [0.15, 0.2) is 22.9 Å². The number of hydrogen-bond acceptors (Lipinski definition) is 6. The fraction of sp³-hybridized carbons (Fsp3) is 0.308. The second-order valence-corrected chi connectivity index (χ2v) is 3.80. The molecule has 2 heterocycles. The molecule has 0 aliphatic carbocycles. The lowest BCUT2D eigenvalue weighted by atomic mass is 10.2. The molecule has 0 spiro atoms. The predicted octanol–water partition coefficient (Wildman–Crippen LogP) is 0.787. The van der Waals surface area contributed by atoms with Crippen LogP contribution in [0.3, 0.4) is 0 Å². The number of methoxy groups -OCH3 is 1. The van der Waals surface area contributed by atoms with Crippen molar-refractivity contribution in [3.63, 3.8) is 0 Å². The van der Waals surface area contributed by atoms with Crippen molar-refractivity contribution in [2.45, 2.75) is 13.0 Å². The predicted molar refractivity (Wildman–Crippen MR) is 68.4 cm³/mol. The molecule has 19 heavy (non-hydrogen) atoms. The summed E-state index contributed by atoms with van der Waals surface area (Å²) in [6.45, 7) is 0.943. The van der Waals surface area contributed by atoms with Gasteiger partial charge in [0.25, 0.3) is 0 Å². The molecular formula is C13H14N4O2. The molecule has 6 nitrogen and oxygen atoms in total. The van der Waals surface area contributed by atoms with Crippen LogP contribution in [0.2, 0.25) is 0 Å². The van der Waals surface area contributed by atoms with Gasteiger partial charge in [-0.05, 0) is 5.56 Å². The van der Waals surface area contributed by atoms with Crippen molar-refractivity contribution in [2.24, 2.45) is 0 Å². The maximum absolute atomic E-state index is 5.13. The first kappa shape index (κ1) is 13.1. The van der Waals surface area contributed by atoms with E-state index in [1.165, 1.54) is 0 Å². The van der Waals surface area contributed by atoms with Gasteiger partial charge in [0.15, 0.2) is 5.82 Å². The second kappa shape index (κ2) is 6.52. The molecule has 0 aliphatic rings. The van der Waals surface area contributed by atoms with Crippen molar-refractivity contribution in [3.05, 3.63) is 35.6 Å². The van der Waals surface area contributed by atoms with E-state index >= 15 is 0 Å². The van der Waals surface area contributed by atoms with Gasteiger partial charge in [-0.25, -0.2) is 4.98 Å². The zero-order valence-corrected chi connectivity index (χ0v) is 10.6. The lowest BCUT2D eigenvalue weighted by Crippen LogP contribution is -2.13. The molecule has 2 aromatic heterocycles. The highest BCUT2D eigenvalue weighted by Gasteiger charge is 2.07. The molecule has 0 atom stereocenters. The van der Waals surface area contributed by atoms with E-state index in [2.05, 4.69) is 26.4 Å². The molecule has 0 radical (unpaired) electrons. The number of hydrogen-bond donors (Lipinski definition) is 1. The van der Waals surface area contributed by atoms with Crippen LogP contribution >= 0.6 is 0 Å². The Bertz CT molecular complexity index is 557. The Labute approximate surface area is 111 Å². The number of rotatable bonds is 6. The summed E-state index contributed by atoms with van der Waals surface area (Å²) in [4.78, 5) is 8.37. The van der Waals surface area contributed by atoms with Crippen molar-refractivity contribution < 1.29 is 9.26 Å². The average Bonchev–Trinajstić information content (AvgIpc) is 2.88. The van der Waals surface area contributed by atoms with Crippen molar-refractivity contribution in [1.82, 2.24) is 20.4 Å². The van der Waals surface area contributed by atoms with Gasteiger partial charge in [0.1, 0.15) is 0 Å². The van der Waals surface area contributed by atoms with Crippen molar-refractivity contribution >= 4 is 0 Å². The molecule has 0 unspecified atom stereocenters. The normalized spacial score (nSPS) is 10.1. The Balaban J connectivity index is 1.93. The zero-order chi connectivity index (χ0) is 13.5. The van der Waals surface area contributed by atoms with Gasteiger partial charge in [-0.3, -0.25) is 5.32 Å². The third-order valence-corrected chi connectivity index (χ3v) is 2.38. The van der Waals surface area contributed by atoms with Gasteiger partial charge in [-0.15, -0.1) is 6.42 Å². The topological polar surface area (TPSA) is 73.1 Å². The molecular weight excluding hydrogens is 244 g/mol. The Morgan fingerprint density at radius 3 is 3.05 bits per heavy atom. The first-order valence-corrected chi connectivity index (χ1v) is 5.76. The molecule has 1 N–H and O–H groups in total. The quantitative estimate of drug-likeness (QED) is 0.610. The van der Waals surface area contributed by atoms with Gasteiger partial charge in [0.2, 0.25) is 11.8 Å². The summed E-state index contributed by atoms with van der Waals surface area (Å²) >= 11 is 0. The van der Waals surface area contributed by atoms with Gasteiger partial charge >= 0.3 is 0 Å². The van der Waals surface area contributed by atoms with Gasteiger partial charge in [-0.1, -0.05) is 17.1 Å². The third-order valence-electron chi connectivity index (χ3n) is 2.38. The van der Waals surface area contributed by atoms with Crippen LogP contribution in [0.1, 0.15) is 17.3 Å². The molecule has 0 aromatic carbocycles. The van der Waals surface area contributed by atoms with E-state index in [1.54, 1.807) is 19.4 Å². The molecule has 6 heteroatoms. The fourth-order valence-corrected chi connectivity index (χ4v) is 1.49. The highest BCUT2D eigenvalue weighted by atomic mass is 16.5. The van der Waals surface area contributed by atoms with E-state index in [-0.39, 0.29) is 0 Å². The highest BCUT2D eigenvalue weighted by Crippen LogP contribution is 2.10. The van der Waals surface area contributed by atoms with Crippen LogP contribution in [0.5, 0.6) is 5.88 Å². The maximum atomic E-state index is 5.13. The molecule has 2 rings (SSSR count). The Kier molecular flexibility index (Phi) is 4.48. The number of nitrogens with one attached hydrogen (secondary N) is 1. The maximum Gasteiger partial charge on any atom is 0.240 e. The van der Waals surface area contributed by atoms with Crippen molar-refractivity contribution in [2.75, 3.05) is 13.7 Å². The minimum atomic E-state index is 0.470. The number of terminal acetylenes is 1. The number of pyridine rings is 1. The van der Waals surface area contributed by atoms with Crippen LogP contribution in [0, 0.1) is 12.3 Å².